The lowest BCUT2D eigenvalue weighted by atomic mass is 9.91. The van der Waals surface area contributed by atoms with Crippen molar-refractivity contribution in [1.82, 2.24) is 4.98 Å². The Hall–Kier alpha value is -6.38. The highest BCUT2D eigenvalue weighted by atomic mass is 14.8. The maximum absolute atomic E-state index is 5.07. The van der Waals surface area contributed by atoms with Gasteiger partial charge < -0.3 is 0 Å². The molecule has 6 rings (SSSR count). The first-order valence-electron chi connectivity index (χ1n) is 18.2. The third-order valence-electron chi connectivity index (χ3n) is 9.06. The van der Waals surface area contributed by atoms with Gasteiger partial charge in [-0.15, -0.1) is 0 Å². The molecule has 0 aliphatic carbocycles. The van der Waals surface area contributed by atoms with Crippen LogP contribution in [0.4, 0.5) is 0 Å². The van der Waals surface area contributed by atoms with E-state index in [-0.39, 0.29) is 0 Å². The van der Waals surface area contributed by atoms with Gasteiger partial charge in [0.05, 0.1) is 17.1 Å². The highest BCUT2D eigenvalue weighted by Gasteiger charge is 2.14. The van der Waals surface area contributed by atoms with Gasteiger partial charge in [-0.1, -0.05) is 155 Å². The first-order valence-corrected chi connectivity index (χ1v) is 18.2. The number of allylic oxidation sites excluding steroid dienone is 4. The van der Waals surface area contributed by atoms with Gasteiger partial charge in [-0.2, -0.15) is 0 Å². The van der Waals surface area contributed by atoms with Crippen LogP contribution in [0.1, 0.15) is 58.5 Å². The smallest absolute Gasteiger partial charge is 0.0968 e. The summed E-state index contributed by atoms with van der Waals surface area (Å²) in [4.78, 5) is 9.75. The Labute approximate surface area is 316 Å². The third kappa shape index (κ3) is 9.30. The van der Waals surface area contributed by atoms with E-state index in [1.54, 1.807) is 0 Å². The van der Waals surface area contributed by atoms with E-state index >= 15 is 0 Å². The molecule has 262 valence electrons. The van der Waals surface area contributed by atoms with E-state index in [0.29, 0.717) is 5.70 Å². The summed E-state index contributed by atoms with van der Waals surface area (Å²) in [7, 11) is 0. The molecule has 6 aromatic rings. The number of hydrogen-bond donors (Lipinski definition) is 0. The van der Waals surface area contributed by atoms with Crippen LogP contribution in [0, 0.1) is 20.8 Å². The van der Waals surface area contributed by atoms with Gasteiger partial charge in [0.25, 0.3) is 0 Å². The molecule has 0 saturated heterocycles. The SMILES string of the molecule is C=C/C=C\c1cc(-c2cc(-c3ccc(C(=C)N=C(c4ccccc4)c4ncccc4C)cc3)cc(-c3ccc(C)c(/C=C\C=C)c3)c2)ccc1C.CC. The van der Waals surface area contributed by atoms with Crippen molar-refractivity contribution in [3.05, 3.63) is 216 Å². The lowest BCUT2D eigenvalue weighted by Crippen LogP contribution is -2.08. The van der Waals surface area contributed by atoms with Crippen LogP contribution in [0.3, 0.4) is 0 Å². The highest BCUT2D eigenvalue weighted by molar-refractivity contribution is 6.14. The zero-order chi connectivity index (χ0) is 37.7. The topological polar surface area (TPSA) is 25.2 Å². The predicted molar refractivity (Wildman–Crippen MR) is 232 cm³/mol. The number of pyridine rings is 1. The zero-order valence-electron chi connectivity index (χ0n) is 31.6. The fourth-order valence-corrected chi connectivity index (χ4v) is 6.11. The number of rotatable bonds is 11. The lowest BCUT2D eigenvalue weighted by Gasteiger charge is -2.14. The van der Waals surface area contributed by atoms with Crippen LogP contribution in [0.25, 0.3) is 51.2 Å². The quantitative estimate of drug-likeness (QED) is 0.0982. The van der Waals surface area contributed by atoms with E-state index in [1.165, 1.54) is 22.3 Å². The third-order valence-corrected chi connectivity index (χ3v) is 9.06. The van der Waals surface area contributed by atoms with Gasteiger partial charge in [-0.25, -0.2) is 4.99 Å². The second kappa shape index (κ2) is 18.2. The van der Waals surface area contributed by atoms with Crippen molar-refractivity contribution in [3.8, 4) is 33.4 Å². The molecule has 5 aromatic carbocycles. The minimum Gasteiger partial charge on any atom is -0.254 e. The Bertz CT molecular complexity index is 2230. The molecule has 1 aromatic heterocycles. The van der Waals surface area contributed by atoms with Crippen LogP contribution in [0.2, 0.25) is 0 Å². The maximum atomic E-state index is 5.07. The summed E-state index contributed by atoms with van der Waals surface area (Å²) >= 11 is 0. The van der Waals surface area contributed by atoms with E-state index in [4.69, 9.17) is 4.99 Å². The van der Waals surface area contributed by atoms with Crippen LogP contribution < -0.4 is 0 Å². The minimum atomic E-state index is 0.680. The summed E-state index contributed by atoms with van der Waals surface area (Å²) in [6.07, 6.45) is 13.6. The van der Waals surface area contributed by atoms with E-state index < -0.39 is 0 Å². The normalized spacial score (nSPS) is 11.3. The number of aryl methyl sites for hydroxylation is 3. The van der Waals surface area contributed by atoms with E-state index in [1.807, 2.05) is 68.6 Å². The number of aromatic nitrogens is 1. The average Bonchev–Trinajstić information content (AvgIpc) is 3.20. The van der Waals surface area contributed by atoms with Crippen LogP contribution >= 0.6 is 0 Å². The molecular weight excluding hydrogens is 641 g/mol. The summed E-state index contributed by atoms with van der Waals surface area (Å²) in [5.41, 5.74) is 17.0. The van der Waals surface area contributed by atoms with E-state index in [0.717, 1.165) is 61.5 Å². The van der Waals surface area contributed by atoms with Crippen molar-refractivity contribution in [2.75, 3.05) is 0 Å². The summed E-state index contributed by atoms with van der Waals surface area (Å²) < 4.78 is 0. The van der Waals surface area contributed by atoms with Crippen LogP contribution in [0.5, 0.6) is 0 Å². The molecule has 0 spiro atoms. The first kappa shape index (κ1) is 37.9. The molecule has 0 radical (unpaired) electrons. The second-order valence-electron chi connectivity index (χ2n) is 12.7. The van der Waals surface area contributed by atoms with Gasteiger partial charge in [0.1, 0.15) is 0 Å². The summed E-state index contributed by atoms with van der Waals surface area (Å²) in [5, 5.41) is 0. The molecule has 0 unspecified atom stereocenters. The fourth-order valence-electron chi connectivity index (χ4n) is 6.11. The molecule has 2 heteroatoms. The first-order chi connectivity index (χ1) is 25.8. The fraction of sp³-hybridized carbons (Fsp3) is 0.0980. The Morgan fingerprint density at radius 2 is 1.04 bits per heavy atom. The predicted octanol–water partition coefficient (Wildman–Crippen LogP) is 13.9. The molecule has 53 heavy (non-hydrogen) atoms. The van der Waals surface area contributed by atoms with Crippen molar-refractivity contribution in [1.29, 1.82) is 0 Å². The molecule has 0 bridgehead atoms. The molecular formula is C51H48N2. The van der Waals surface area contributed by atoms with Crippen LogP contribution in [-0.2, 0) is 0 Å². The Balaban J connectivity index is 0.00000266. The Morgan fingerprint density at radius 1 is 0.528 bits per heavy atom. The summed E-state index contributed by atoms with van der Waals surface area (Å²) in [5.74, 6) is 0. The van der Waals surface area contributed by atoms with Crippen LogP contribution in [0.15, 0.2) is 177 Å². The molecule has 0 atom stereocenters. The monoisotopic (exact) mass is 688 g/mol. The van der Waals surface area contributed by atoms with Gasteiger partial charge >= 0.3 is 0 Å². The average molecular weight is 689 g/mol. The molecule has 0 saturated carbocycles. The van der Waals surface area contributed by atoms with Gasteiger partial charge in [0.2, 0.25) is 0 Å². The Morgan fingerprint density at radius 3 is 1.55 bits per heavy atom. The van der Waals surface area contributed by atoms with Gasteiger partial charge in [0, 0.05) is 11.8 Å². The van der Waals surface area contributed by atoms with E-state index in [2.05, 4.69) is 155 Å². The largest absolute Gasteiger partial charge is 0.254 e. The maximum Gasteiger partial charge on any atom is 0.0968 e. The van der Waals surface area contributed by atoms with Crippen molar-refractivity contribution < 1.29 is 0 Å². The van der Waals surface area contributed by atoms with Crippen LogP contribution in [-0.4, -0.2) is 10.7 Å². The number of hydrogen-bond acceptors (Lipinski definition) is 2. The molecule has 0 aliphatic rings. The highest BCUT2D eigenvalue weighted by Crippen LogP contribution is 2.35. The van der Waals surface area contributed by atoms with Gasteiger partial charge in [-0.3, -0.25) is 4.98 Å². The number of benzene rings is 5. The molecule has 0 aliphatic heterocycles. The van der Waals surface area contributed by atoms with Gasteiger partial charge in [-0.05, 0) is 124 Å². The minimum absolute atomic E-state index is 0.680. The molecule has 1 heterocycles. The van der Waals surface area contributed by atoms with Gasteiger partial charge in [0.15, 0.2) is 0 Å². The number of nitrogens with zero attached hydrogens (tertiary/aromatic N) is 2. The molecule has 0 amide bonds. The standard InChI is InChI=1S/C49H42N2.C2H6/c1-7-9-16-41-29-43(22-20-34(41)3)46-31-45(32-47(33-46)44-23-21-35(4)42(30-44)17-10-8-2)39-26-24-38(25-27-39)37(6)51-49(40-18-12-11-13-19-40)48-36(5)15-14-28-50-48;1-2/h7-33H,1-2,6H2,3-5H3;1-2H3/b16-9-,17-10-,51-49?;. The molecule has 2 nitrogen and oxygen atoms in total. The van der Waals surface area contributed by atoms with Crippen molar-refractivity contribution >= 4 is 23.6 Å². The van der Waals surface area contributed by atoms with Crippen molar-refractivity contribution in [2.24, 2.45) is 4.99 Å². The molecule has 0 fully saturated rings. The Kier molecular flexibility index (Phi) is 13.0. The molecule has 0 N–H and O–H groups in total. The van der Waals surface area contributed by atoms with E-state index in [9.17, 15) is 0 Å². The zero-order valence-corrected chi connectivity index (χ0v) is 31.6. The summed E-state index contributed by atoms with van der Waals surface area (Å²) in [6, 6.07) is 42.9. The number of aliphatic imine (C=N–C) groups is 1. The second-order valence-corrected chi connectivity index (χ2v) is 12.7. The lowest BCUT2D eigenvalue weighted by molar-refractivity contribution is 1.23. The van der Waals surface area contributed by atoms with Crippen molar-refractivity contribution in [3.63, 3.8) is 0 Å². The van der Waals surface area contributed by atoms with Crippen molar-refractivity contribution in [2.45, 2.75) is 34.6 Å². The summed E-state index contributed by atoms with van der Waals surface area (Å²) in [6.45, 7) is 22.4.